The summed E-state index contributed by atoms with van der Waals surface area (Å²) in [7, 11) is 1.63. The second-order valence-electron chi connectivity index (χ2n) is 4.86. The van der Waals surface area contributed by atoms with Crippen LogP contribution in [0.4, 0.5) is 5.69 Å². The van der Waals surface area contributed by atoms with Crippen molar-refractivity contribution in [3.05, 3.63) is 28.7 Å². The highest BCUT2D eigenvalue weighted by Gasteiger charge is 2.12. The van der Waals surface area contributed by atoms with E-state index in [1.807, 2.05) is 0 Å². The van der Waals surface area contributed by atoms with E-state index in [0.29, 0.717) is 31.4 Å². The minimum absolute atomic E-state index is 0.0134. The number of anilines is 1. The van der Waals surface area contributed by atoms with Crippen LogP contribution >= 0.6 is 0 Å². The average Bonchev–Trinajstić information content (AvgIpc) is 2.52. The second kappa shape index (κ2) is 9.23. The number of carbonyl (C=O) groups excluding carboxylic acids is 2. The van der Waals surface area contributed by atoms with Crippen molar-refractivity contribution >= 4 is 23.8 Å². The third kappa shape index (κ3) is 6.20. The van der Waals surface area contributed by atoms with Gasteiger partial charge in [-0.25, -0.2) is 0 Å². The first-order valence-corrected chi connectivity index (χ1v) is 7.15. The monoisotopic (exact) mass is 322 g/mol. The molecule has 0 spiro atoms. The first kappa shape index (κ1) is 18.2. The molecule has 126 valence electrons. The lowest BCUT2D eigenvalue weighted by atomic mass is 10.2. The van der Waals surface area contributed by atoms with Gasteiger partial charge in [-0.05, 0) is 25.0 Å². The molecule has 9 nitrogen and oxygen atoms in total. The van der Waals surface area contributed by atoms with Crippen LogP contribution in [-0.2, 0) is 16.1 Å². The minimum Gasteiger partial charge on any atom is -0.384 e. The van der Waals surface area contributed by atoms with Gasteiger partial charge >= 0.3 is 0 Å². The van der Waals surface area contributed by atoms with Crippen LogP contribution in [0.3, 0.4) is 0 Å². The molecule has 6 N–H and O–H groups in total. The molecule has 0 saturated carbocycles. The molecule has 1 heterocycles. The van der Waals surface area contributed by atoms with Gasteiger partial charge < -0.3 is 31.5 Å². The number of guanidine groups is 1. The van der Waals surface area contributed by atoms with Gasteiger partial charge in [0.1, 0.15) is 18.5 Å². The lowest BCUT2D eigenvalue weighted by molar-refractivity contribution is -0.124. The molecule has 0 bridgehead atoms. The molecular formula is C14H22N6O3. The van der Waals surface area contributed by atoms with Gasteiger partial charge in [-0.1, -0.05) is 0 Å². The molecule has 9 heteroatoms. The van der Waals surface area contributed by atoms with Crippen molar-refractivity contribution in [3.63, 3.8) is 0 Å². The molecule has 1 rings (SSSR count). The van der Waals surface area contributed by atoms with Gasteiger partial charge in [0.15, 0.2) is 5.96 Å². The minimum atomic E-state index is -0.639. The van der Waals surface area contributed by atoms with Crippen molar-refractivity contribution in [2.24, 2.45) is 16.5 Å². The van der Waals surface area contributed by atoms with Crippen molar-refractivity contribution < 1.29 is 9.59 Å². The Labute approximate surface area is 133 Å². The molecule has 0 aromatic carbocycles. The van der Waals surface area contributed by atoms with Crippen molar-refractivity contribution in [1.29, 1.82) is 0 Å². The summed E-state index contributed by atoms with van der Waals surface area (Å²) < 4.78 is 1.27. The molecule has 0 fully saturated rings. The third-order valence-electron chi connectivity index (χ3n) is 3.08. The van der Waals surface area contributed by atoms with Crippen molar-refractivity contribution in [2.75, 3.05) is 18.9 Å². The molecule has 0 aliphatic heterocycles. The predicted octanol–water partition coefficient (Wildman–Crippen LogP) is -1.37. The molecule has 1 aromatic rings. The van der Waals surface area contributed by atoms with Gasteiger partial charge in [0, 0.05) is 19.8 Å². The Balaban J connectivity index is 2.56. The van der Waals surface area contributed by atoms with Crippen LogP contribution < -0.4 is 27.7 Å². The molecule has 1 atom stereocenters. The zero-order valence-electron chi connectivity index (χ0n) is 13.0. The number of hydrogen-bond acceptors (Lipinski definition) is 5. The molecule has 0 aliphatic carbocycles. The smallest absolute Gasteiger partial charge is 0.274 e. The van der Waals surface area contributed by atoms with Crippen LogP contribution in [0.15, 0.2) is 28.1 Å². The van der Waals surface area contributed by atoms with Crippen molar-refractivity contribution in [2.45, 2.75) is 25.4 Å². The maximum Gasteiger partial charge on any atom is 0.274 e. The number of aliphatic imine (C=N–C) groups is 1. The molecule has 0 aliphatic rings. The fourth-order valence-electron chi connectivity index (χ4n) is 1.95. The summed E-state index contributed by atoms with van der Waals surface area (Å²) in [6.07, 6.45) is 3.13. The number of nitrogens with one attached hydrogen (secondary N) is 2. The van der Waals surface area contributed by atoms with Gasteiger partial charge in [0.25, 0.3) is 5.56 Å². The van der Waals surface area contributed by atoms with Crippen LogP contribution in [0.25, 0.3) is 0 Å². The lowest BCUT2D eigenvalue weighted by Crippen LogP contribution is -2.40. The van der Waals surface area contributed by atoms with Crippen molar-refractivity contribution in [1.82, 2.24) is 9.88 Å². The molecule has 1 amide bonds. The number of hydrogen-bond donors (Lipinski definition) is 4. The maximum atomic E-state index is 12.0. The number of carbonyl (C=O) groups is 2. The number of nitrogens with two attached hydrogens (primary N) is 2. The largest absolute Gasteiger partial charge is 0.384 e. The SMILES string of the molecule is CNc1cccn(CC(=O)N[C@H](C=O)CCCN=C(N)N)c1=O. The highest BCUT2D eigenvalue weighted by Crippen LogP contribution is 1.98. The highest BCUT2D eigenvalue weighted by atomic mass is 16.2. The van der Waals surface area contributed by atoms with Crippen LogP contribution in [0.1, 0.15) is 12.8 Å². The van der Waals surface area contributed by atoms with Crippen LogP contribution in [-0.4, -0.2) is 42.4 Å². The van der Waals surface area contributed by atoms with Crippen molar-refractivity contribution in [3.8, 4) is 0 Å². The predicted molar refractivity (Wildman–Crippen MR) is 88.2 cm³/mol. The maximum absolute atomic E-state index is 12.0. The van der Waals surface area contributed by atoms with E-state index < -0.39 is 11.9 Å². The molecule has 1 aromatic heterocycles. The quantitative estimate of drug-likeness (QED) is 0.191. The number of amides is 1. The average molecular weight is 322 g/mol. The Hall–Kier alpha value is -2.84. The highest BCUT2D eigenvalue weighted by molar-refractivity contribution is 5.79. The summed E-state index contributed by atoms with van der Waals surface area (Å²) in [5.41, 5.74) is 10.5. The fraction of sp³-hybridized carbons (Fsp3) is 0.429. The Kier molecular flexibility index (Phi) is 7.31. The summed E-state index contributed by atoms with van der Waals surface area (Å²) in [6.45, 7) is 0.221. The van der Waals surface area contributed by atoms with E-state index >= 15 is 0 Å². The fourth-order valence-corrected chi connectivity index (χ4v) is 1.95. The van der Waals surface area contributed by atoms with Crippen LogP contribution in [0.5, 0.6) is 0 Å². The number of aldehydes is 1. The Bertz CT molecular complexity index is 621. The third-order valence-corrected chi connectivity index (χ3v) is 3.08. The van der Waals surface area contributed by atoms with Gasteiger partial charge in [-0.15, -0.1) is 0 Å². The molecule has 23 heavy (non-hydrogen) atoms. The summed E-state index contributed by atoms with van der Waals surface area (Å²) >= 11 is 0. The molecular weight excluding hydrogens is 300 g/mol. The standard InChI is InChI=1S/C14H22N6O3/c1-17-11-5-3-7-20(13(11)23)8-12(22)19-10(9-21)4-2-6-18-14(15)16/h3,5,7,9-10,17H,2,4,6,8H2,1H3,(H,19,22)(H4,15,16,18)/t10-/m0/s1. The van der Waals surface area contributed by atoms with E-state index in [-0.39, 0.29) is 18.1 Å². The first-order valence-electron chi connectivity index (χ1n) is 7.15. The normalized spacial score (nSPS) is 11.3. The van der Waals surface area contributed by atoms with E-state index in [2.05, 4.69) is 15.6 Å². The van der Waals surface area contributed by atoms with E-state index in [1.54, 1.807) is 19.2 Å². The van der Waals surface area contributed by atoms with Crippen LogP contribution in [0.2, 0.25) is 0 Å². The summed E-state index contributed by atoms with van der Waals surface area (Å²) in [4.78, 5) is 38.7. The number of pyridine rings is 1. The number of aromatic nitrogens is 1. The molecule has 0 unspecified atom stereocenters. The Morgan fingerprint density at radius 3 is 2.83 bits per heavy atom. The van der Waals surface area contributed by atoms with Gasteiger partial charge in [0.05, 0.1) is 6.04 Å². The van der Waals surface area contributed by atoms with E-state index in [0.717, 1.165) is 0 Å². The first-order chi connectivity index (χ1) is 11.0. The lowest BCUT2D eigenvalue weighted by Gasteiger charge is -2.13. The zero-order valence-corrected chi connectivity index (χ0v) is 13.0. The molecule has 0 saturated heterocycles. The Morgan fingerprint density at radius 1 is 1.48 bits per heavy atom. The van der Waals surface area contributed by atoms with Gasteiger partial charge in [-0.3, -0.25) is 14.6 Å². The Morgan fingerprint density at radius 2 is 2.22 bits per heavy atom. The van der Waals surface area contributed by atoms with E-state index in [1.165, 1.54) is 10.8 Å². The van der Waals surface area contributed by atoms with E-state index in [4.69, 9.17) is 11.5 Å². The van der Waals surface area contributed by atoms with Crippen LogP contribution in [0, 0.1) is 0 Å². The number of rotatable bonds is 9. The molecule has 0 radical (unpaired) electrons. The number of nitrogens with zero attached hydrogens (tertiary/aromatic N) is 2. The topological polar surface area (TPSA) is 145 Å². The summed E-state index contributed by atoms with van der Waals surface area (Å²) in [6, 6.07) is 2.64. The summed E-state index contributed by atoms with van der Waals surface area (Å²) in [5, 5.41) is 5.32. The van der Waals surface area contributed by atoms with Gasteiger partial charge in [0.2, 0.25) is 5.91 Å². The van der Waals surface area contributed by atoms with E-state index in [9.17, 15) is 14.4 Å². The second-order valence-corrected chi connectivity index (χ2v) is 4.86. The zero-order chi connectivity index (χ0) is 17.2. The summed E-state index contributed by atoms with van der Waals surface area (Å²) in [5.74, 6) is -0.431. The van der Waals surface area contributed by atoms with Gasteiger partial charge in [-0.2, -0.15) is 0 Å².